The van der Waals surface area contributed by atoms with E-state index in [1.54, 1.807) is 0 Å². The van der Waals surface area contributed by atoms with Gasteiger partial charge in [0.1, 0.15) is 78.5 Å². The Bertz CT molecular complexity index is 4340. The van der Waals surface area contributed by atoms with Crippen molar-refractivity contribution in [3.05, 3.63) is 164 Å². The van der Waals surface area contributed by atoms with Crippen molar-refractivity contribution in [2.75, 3.05) is 0 Å². The lowest BCUT2D eigenvalue weighted by atomic mass is 9.60. The molecule has 77 heavy (non-hydrogen) atoms. The van der Waals surface area contributed by atoms with Crippen molar-refractivity contribution in [3.63, 3.8) is 0 Å². The van der Waals surface area contributed by atoms with Crippen molar-refractivity contribution in [2.45, 2.75) is 0 Å². The Hall–Kier alpha value is -8.55. The summed E-state index contributed by atoms with van der Waals surface area (Å²) in [4.78, 5) is 30.7. The van der Waals surface area contributed by atoms with Gasteiger partial charge in [0.05, 0.1) is 16.7 Å². The summed E-state index contributed by atoms with van der Waals surface area (Å²) in [5.41, 5.74) is 7.55. The van der Waals surface area contributed by atoms with Crippen LogP contribution >= 0.6 is 0 Å². The highest BCUT2D eigenvalue weighted by atomic mass is 15.1. The van der Waals surface area contributed by atoms with E-state index in [0.29, 0.717) is 28.6 Å². The largest absolute Gasteiger partial charge is 0.308 e. The summed E-state index contributed by atoms with van der Waals surface area (Å²) in [6, 6.07) is 55.3. The molecule has 3 heterocycles. The molecule has 0 aliphatic rings. The normalized spacial score (nSPS) is 11.6. The molecule has 0 bridgehead atoms. The lowest BCUT2D eigenvalue weighted by Crippen LogP contribution is -2.55. The van der Waals surface area contributed by atoms with Crippen molar-refractivity contribution in [2.24, 2.45) is 0 Å². The fourth-order valence-corrected chi connectivity index (χ4v) is 10.5. The first-order chi connectivity index (χ1) is 37.4. The van der Waals surface area contributed by atoms with Gasteiger partial charge in [0, 0.05) is 44.2 Å². The van der Waals surface area contributed by atoms with Gasteiger partial charge in [-0.2, -0.15) is 0 Å². The summed E-state index contributed by atoms with van der Waals surface area (Å²) in [6.45, 7) is 0. The molecule has 10 aromatic carbocycles. The van der Waals surface area contributed by atoms with Crippen molar-refractivity contribution in [3.8, 4) is 85.1 Å². The van der Waals surface area contributed by atoms with Crippen LogP contribution in [-0.4, -0.2) is 113 Å². The summed E-state index contributed by atoms with van der Waals surface area (Å²) in [5, 5.41) is 6.79. The zero-order valence-corrected chi connectivity index (χ0v) is 41.0. The molecular formula is C60H27B10N7. The maximum atomic E-state index is 6.70. The standard InChI is InChI=1S/C60H27B10N7/c61-45-43(46(62)50(66)53(69)49(45)65)59-74-57(75-60(76-59)44-47(63)51(67)54(70)52(68)48(44)64)32-25-26-38(77-39-19-9-17-35-33-15-7-8-16-34(33)36-18-10-20-40(77)42(36)41(35)39)37(27-32)58-72-55(30-13-5-2-6-14-30)71-56(73-58)31-23-21-29(22-24-31)28-11-3-1-4-12-28/h1-27H. The molecule has 0 amide bonds. The van der Waals surface area contributed by atoms with Crippen LogP contribution in [0.15, 0.2) is 164 Å². The zero-order valence-electron chi connectivity index (χ0n) is 41.0. The molecule has 17 heteroatoms. The van der Waals surface area contributed by atoms with Gasteiger partial charge in [0.2, 0.25) is 0 Å². The quantitative estimate of drug-likeness (QED) is 0.172. The van der Waals surface area contributed by atoms with E-state index in [0.717, 1.165) is 71.3 Å². The first-order valence-corrected chi connectivity index (χ1v) is 24.4. The summed E-state index contributed by atoms with van der Waals surface area (Å²) < 4.78 is 2.26. The van der Waals surface area contributed by atoms with Gasteiger partial charge in [-0.15, -0.1) is 32.8 Å². The fourth-order valence-electron chi connectivity index (χ4n) is 10.5. The maximum absolute atomic E-state index is 6.70. The SMILES string of the molecule is [B]c1c([B])c([B])c(-c2nc(-c3ccc(-n4c5cccc6c7ccccc7c7cccc4c7c65)c(-c4nc(-c5ccccc5)nc(-c5ccc(-c6ccccc6)cc5)n4)c3)nc(-c3c([B])c([B])c([B])c([B])c3[B])n2)c([B])c1[B]. The Kier molecular flexibility index (Phi) is 11.6. The highest BCUT2D eigenvalue weighted by molar-refractivity contribution is 6.70. The molecule has 13 rings (SSSR count). The average molecular weight is 954 g/mol. The van der Waals surface area contributed by atoms with Crippen LogP contribution in [0.2, 0.25) is 0 Å². The molecular weight excluding hydrogens is 927 g/mol. The number of aromatic nitrogens is 7. The Balaban J connectivity index is 1.12. The minimum atomic E-state index is -0.0371. The van der Waals surface area contributed by atoms with Crippen molar-refractivity contribution >= 4 is 176 Å². The van der Waals surface area contributed by atoms with Crippen LogP contribution in [0.25, 0.3) is 128 Å². The second-order valence-corrected chi connectivity index (χ2v) is 18.8. The number of benzene rings is 10. The van der Waals surface area contributed by atoms with Crippen molar-refractivity contribution in [1.29, 1.82) is 0 Å². The molecule has 0 aliphatic heterocycles. The summed E-state index contributed by atoms with van der Waals surface area (Å²) in [7, 11) is 65.1. The van der Waals surface area contributed by atoms with Crippen LogP contribution in [0.4, 0.5) is 0 Å². The van der Waals surface area contributed by atoms with E-state index in [4.69, 9.17) is 108 Å². The van der Waals surface area contributed by atoms with Gasteiger partial charge in [0.15, 0.2) is 34.9 Å². The third-order valence-corrected chi connectivity index (χ3v) is 14.5. The third kappa shape index (κ3) is 7.72. The summed E-state index contributed by atoms with van der Waals surface area (Å²) in [5.74, 6) is 1.30. The van der Waals surface area contributed by atoms with Crippen LogP contribution in [-0.2, 0) is 0 Å². The van der Waals surface area contributed by atoms with Gasteiger partial charge < -0.3 is 4.57 Å². The predicted octanol–water partition coefficient (Wildman–Crippen LogP) is 2.50. The smallest absolute Gasteiger partial charge is 0.166 e. The van der Waals surface area contributed by atoms with Crippen LogP contribution in [0.5, 0.6) is 0 Å². The molecule has 0 aliphatic carbocycles. The summed E-state index contributed by atoms with van der Waals surface area (Å²) >= 11 is 0. The molecule has 13 aromatic rings. The Labute approximate surface area is 457 Å². The van der Waals surface area contributed by atoms with Crippen molar-refractivity contribution < 1.29 is 0 Å². The van der Waals surface area contributed by atoms with Gasteiger partial charge in [-0.1, -0.05) is 155 Å². The Morgan fingerprint density at radius 2 is 0.597 bits per heavy atom. The number of rotatable bonds is 8. The van der Waals surface area contributed by atoms with E-state index < -0.39 is 0 Å². The summed E-state index contributed by atoms with van der Waals surface area (Å²) in [6.07, 6.45) is 0. The van der Waals surface area contributed by atoms with E-state index in [1.807, 2.05) is 78.9 Å². The molecule has 7 nitrogen and oxygen atoms in total. The number of hydrogen-bond acceptors (Lipinski definition) is 6. The topological polar surface area (TPSA) is 82.3 Å². The van der Waals surface area contributed by atoms with Crippen LogP contribution < -0.4 is 54.6 Å². The zero-order chi connectivity index (χ0) is 53.0. The lowest BCUT2D eigenvalue weighted by Gasteiger charge is -2.23. The van der Waals surface area contributed by atoms with E-state index >= 15 is 0 Å². The Morgan fingerprint density at radius 3 is 1.09 bits per heavy atom. The Morgan fingerprint density at radius 1 is 0.260 bits per heavy atom. The number of fused-ring (bicyclic) bond motifs is 3. The number of hydrogen-bond donors (Lipinski definition) is 0. The van der Waals surface area contributed by atoms with Gasteiger partial charge in [-0.25, -0.2) is 29.9 Å². The molecule has 0 N–H and O–H groups in total. The van der Waals surface area contributed by atoms with Gasteiger partial charge >= 0.3 is 0 Å². The second-order valence-electron chi connectivity index (χ2n) is 18.8. The average Bonchev–Trinajstić information content (AvgIpc) is 4.04. The lowest BCUT2D eigenvalue weighted by molar-refractivity contribution is 1.06. The monoisotopic (exact) mass is 955 g/mol. The molecule has 20 radical (unpaired) electrons. The van der Waals surface area contributed by atoms with Gasteiger partial charge in [0.25, 0.3) is 0 Å². The molecule has 0 spiro atoms. The highest BCUT2D eigenvalue weighted by Gasteiger charge is 2.26. The molecule has 0 saturated heterocycles. The second kappa shape index (κ2) is 18.6. The van der Waals surface area contributed by atoms with Crippen molar-refractivity contribution in [1.82, 2.24) is 34.5 Å². The molecule has 332 valence electrons. The predicted molar refractivity (Wildman–Crippen MR) is 326 cm³/mol. The molecule has 0 atom stereocenters. The van der Waals surface area contributed by atoms with Gasteiger partial charge in [-0.3, -0.25) is 0 Å². The maximum Gasteiger partial charge on any atom is 0.166 e. The minimum Gasteiger partial charge on any atom is -0.308 e. The third-order valence-electron chi connectivity index (χ3n) is 14.5. The van der Waals surface area contributed by atoms with Crippen LogP contribution in [0.1, 0.15) is 0 Å². The fraction of sp³-hybridized carbons (Fsp3) is 0. The first-order valence-electron chi connectivity index (χ1n) is 24.4. The van der Waals surface area contributed by atoms with E-state index in [9.17, 15) is 0 Å². The molecule has 0 saturated carbocycles. The number of nitrogens with zero attached hydrogens (tertiary/aromatic N) is 7. The minimum absolute atomic E-state index is 0.00771. The van der Waals surface area contributed by atoms with E-state index in [-0.39, 0.29) is 83.2 Å². The molecule has 3 aromatic heterocycles. The first kappa shape index (κ1) is 48.1. The van der Waals surface area contributed by atoms with Crippen LogP contribution in [0, 0.1) is 0 Å². The molecule has 0 unspecified atom stereocenters. The van der Waals surface area contributed by atoms with Crippen LogP contribution in [0.3, 0.4) is 0 Å². The molecule has 0 fully saturated rings. The van der Waals surface area contributed by atoms with E-state index in [2.05, 4.69) is 89.5 Å². The highest BCUT2D eigenvalue weighted by Crippen LogP contribution is 2.45. The van der Waals surface area contributed by atoms with Gasteiger partial charge in [-0.05, 0) is 63.0 Å². The van der Waals surface area contributed by atoms with E-state index in [1.165, 1.54) is 0 Å².